The summed E-state index contributed by atoms with van der Waals surface area (Å²) in [5.41, 5.74) is 3.90. The number of alkyl halides is 3. The molecule has 0 saturated heterocycles. The van der Waals surface area contributed by atoms with Crippen LogP contribution in [0.1, 0.15) is 21.7 Å². The highest BCUT2D eigenvalue weighted by atomic mass is 32.2. The molecule has 0 radical (unpaired) electrons. The number of carbonyl (C=O) groups excluding carboxylic acids is 2. The molecule has 0 saturated carbocycles. The summed E-state index contributed by atoms with van der Waals surface area (Å²) in [7, 11) is -4.26. The van der Waals surface area contributed by atoms with Crippen LogP contribution in [0.3, 0.4) is 0 Å². The third-order valence-corrected chi connectivity index (χ3v) is 5.48. The van der Waals surface area contributed by atoms with Crippen LogP contribution < -0.4 is 15.6 Å². The molecular weight excluding hydrogens is 451 g/mol. The summed E-state index contributed by atoms with van der Waals surface area (Å²) in [6.45, 7) is 0. The summed E-state index contributed by atoms with van der Waals surface area (Å²) < 4.78 is 70.3. The Labute approximate surface area is 180 Å². The van der Waals surface area contributed by atoms with Crippen molar-refractivity contribution >= 4 is 27.5 Å². The van der Waals surface area contributed by atoms with E-state index in [9.17, 15) is 31.2 Å². The summed E-state index contributed by atoms with van der Waals surface area (Å²) in [5, 5.41) is 0. The fourth-order valence-corrected chi connectivity index (χ4v) is 3.67. The van der Waals surface area contributed by atoms with E-state index in [0.717, 1.165) is 18.2 Å². The SMILES string of the molecule is O=C(Cc1ccc(NS(=O)(=O)c2cccc(C(F)(F)F)c2)cc1)NNC(=O)c1ccco1. The number of rotatable bonds is 6. The number of nitrogens with one attached hydrogen (secondary N) is 3. The molecule has 0 fully saturated rings. The van der Waals surface area contributed by atoms with Crippen molar-refractivity contribution in [1.29, 1.82) is 0 Å². The van der Waals surface area contributed by atoms with Gasteiger partial charge in [0.1, 0.15) is 0 Å². The molecule has 12 heteroatoms. The average molecular weight is 467 g/mol. The molecule has 3 aromatic rings. The molecule has 2 amide bonds. The lowest BCUT2D eigenvalue weighted by molar-refractivity contribution is -0.137. The first kappa shape index (κ1) is 22.9. The van der Waals surface area contributed by atoms with Crippen LogP contribution in [0.2, 0.25) is 0 Å². The zero-order valence-corrected chi connectivity index (χ0v) is 17.0. The van der Waals surface area contributed by atoms with Crippen LogP contribution in [0.25, 0.3) is 0 Å². The van der Waals surface area contributed by atoms with Gasteiger partial charge in [-0.05, 0) is 48.0 Å². The van der Waals surface area contributed by atoms with Crippen molar-refractivity contribution in [2.24, 2.45) is 0 Å². The maximum Gasteiger partial charge on any atom is 0.416 e. The summed E-state index contributed by atoms with van der Waals surface area (Å²) in [4.78, 5) is 23.1. The van der Waals surface area contributed by atoms with E-state index in [1.54, 1.807) is 0 Å². The van der Waals surface area contributed by atoms with Crippen molar-refractivity contribution in [3.05, 3.63) is 83.8 Å². The van der Waals surface area contributed by atoms with Crippen molar-refractivity contribution in [2.45, 2.75) is 17.5 Å². The maximum absolute atomic E-state index is 12.8. The van der Waals surface area contributed by atoms with Gasteiger partial charge >= 0.3 is 12.1 Å². The van der Waals surface area contributed by atoms with Crippen LogP contribution in [0, 0.1) is 0 Å². The van der Waals surface area contributed by atoms with Crippen molar-refractivity contribution in [2.75, 3.05) is 4.72 Å². The summed E-state index contributed by atoms with van der Waals surface area (Å²) in [6, 6.07) is 11.9. The van der Waals surface area contributed by atoms with Gasteiger partial charge in [0.15, 0.2) is 5.76 Å². The Kier molecular flexibility index (Phi) is 6.53. The molecule has 0 aliphatic carbocycles. The molecule has 2 aromatic carbocycles. The summed E-state index contributed by atoms with van der Waals surface area (Å²) in [6.07, 6.45) is -3.50. The van der Waals surface area contributed by atoms with E-state index in [-0.39, 0.29) is 17.9 Å². The predicted octanol–water partition coefficient (Wildman–Crippen LogP) is 3.10. The minimum atomic E-state index is -4.68. The standard InChI is InChI=1S/C20H16F3N3O5S/c21-20(22,23)14-3-1-4-16(12-14)32(29,30)26-15-8-6-13(7-9-15)11-18(27)24-25-19(28)17-5-2-10-31-17/h1-10,12,26H,11H2,(H,24,27)(H,25,28). The average Bonchev–Trinajstić information content (AvgIpc) is 3.28. The van der Waals surface area contributed by atoms with Gasteiger partial charge in [0.2, 0.25) is 5.91 Å². The Hall–Kier alpha value is -3.80. The number of amides is 2. The monoisotopic (exact) mass is 467 g/mol. The number of sulfonamides is 1. The Morgan fingerprint density at radius 2 is 1.66 bits per heavy atom. The van der Waals surface area contributed by atoms with Crippen molar-refractivity contribution < 1.29 is 35.6 Å². The molecule has 0 spiro atoms. The van der Waals surface area contributed by atoms with Gasteiger partial charge in [-0.25, -0.2) is 8.42 Å². The Bertz CT molecular complexity index is 1210. The van der Waals surface area contributed by atoms with Gasteiger partial charge in [-0.15, -0.1) is 0 Å². The van der Waals surface area contributed by atoms with Gasteiger partial charge in [0.25, 0.3) is 10.0 Å². The third-order valence-electron chi connectivity index (χ3n) is 4.10. The second kappa shape index (κ2) is 9.14. The fourth-order valence-electron chi connectivity index (χ4n) is 2.57. The number of hydrogen-bond donors (Lipinski definition) is 3. The molecule has 0 bridgehead atoms. The predicted molar refractivity (Wildman–Crippen MR) is 107 cm³/mol. The minimum Gasteiger partial charge on any atom is -0.459 e. The van der Waals surface area contributed by atoms with E-state index < -0.39 is 38.5 Å². The van der Waals surface area contributed by atoms with Crippen LogP contribution >= 0.6 is 0 Å². The number of hydrogen-bond acceptors (Lipinski definition) is 5. The highest BCUT2D eigenvalue weighted by Crippen LogP contribution is 2.30. The van der Waals surface area contributed by atoms with Gasteiger partial charge in [-0.2, -0.15) is 13.2 Å². The molecular formula is C20H16F3N3O5S. The molecule has 32 heavy (non-hydrogen) atoms. The first-order valence-corrected chi connectivity index (χ1v) is 10.4. The molecule has 0 unspecified atom stereocenters. The number of halogens is 3. The van der Waals surface area contributed by atoms with Gasteiger partial charge in [0.05, 0.1) is 23.1 Å². The lowest BCUT2D eigenvalue weighted by Crippen LogP contribution is -2.42. The zero-order chi connectivity index (χ0) is 23.4. The molecule has 0 atom stereocenters. The Balaban J connectivity index is 1.59. The maximum atomic E-state index is 12.8. The van der Waals surface area contributed by atoms with Gasteiger partial charge in [-0.1, -0.05) is 18.2 Å². The van der Waals surface area contributed by atoms with Gasteiger partial charge < -0.3 is 4.42 Å². The van der Waals surface area contributed by atoms with Crippen LogP contribution in [0.4, 0.5) is 18.9 Å². The van der Waals surface area contributed by atoms with Gasteiger partial charge in [-0.3, -0.25) is 25.2 Å². The van der Waals surface area contributed by atoms with E-state index >= 15 is 0 Å². The second-order valence-electron chi connectivity index (χ2n) is 6.48. The summed E-state index contributed by atoms with van der Waals surface area (Å²) in [5.74, 6) is -1.16. The molecule has 1 heterocycles. The third kappa shape index (κ3) is 5.88. The first-order chi connectivity index (χ1) is 15.0. The van der Waals surface area contributed by atoms with Gasteiger partial charge in [0, 0.05) is 5.69 Å². The molecule has 1 aromatic heterocycles. The van der Waals surface area contributed by atoms with Crippen LogP contribution in [0.5, 0.6) is 0 Å². The van der Waals surface area contributed by atoms with Crippen molar-refractivity contribution in [1.82, 2.24) is 10.9 Å². The quantitative estimate of drug-likeness (QED) is 0.482. The van der Waals surface area contributed by atoms with Crippen LogP contribution in [0.15, 0.2) is 76.2 Å². The molecule has 3 N–H and O–H groups in total. The fraction of sp³-hybridized carbons (Fsp3) is 0.100. The summed E-state index contributed by atoms with van der Waals surface area (Å²) >= 11 is 0. The Morgan fingerprint density at radius 1 is 0.938 bits per heavy atom. The van der Waals surface area contributed by atoms with Crippen LogP contribution in [-0.2, 0) is 27.4 Å². The highest BCUT2D eigenvalue weighted by molar-refractivity contribution is 7.92. The highest BCUT2D eigenvalue weighted by Gasteiger charge is 2.31. The smallest absolute Gasteiger partial charge is 0.416 e. The van der Waals surface area contributed by atoms with E-state index in [4.69, 9.17) is 4.42 Å². The van der Waals surface area contributed by atoms with Crippen molar-refractivity contribution in [3.8, 4) is 0 Å². The molecule has 0 aliphatic rings. The molecule has 168 valence electrons. The topological polar surface area (TPSA) is 118 Å². The largest absolute Gasteiger partial charge is 0.459 e. The first-order valence-electron chi connectivity index (χ1n) is 8.96. The van der Waals surface area contributed by atoms with Crippen molar-refractivity contribution in [3.63, 3.8) is 0 Å². The molecule has 3 rings (SSSR count). The van der Waals surface area contributed by atoms with Crippen LogP contribution in [-0.4, -0.2) is 20.2 Å². The number of hydrazine groups is 1. The molecule has 0 aliphatic heterocycles. The van der Waals surface area contributed by atoms with E-state index in [2.05, 4.69) is 15.6 Å². The Morgan fingerprint density at radius 3 is 2.28 bits per heavy atom. The molecule has 8 nitrogen and oxygen atoms in total. The second-order valence-corrected chi connectivity index (χ2v) is 8.17. The number of furan rings is 1. The van der Waals surface area contributed by atoms with E-state index in [1.807, 2.05) is 0 Å². The van der Waals surface area contributed by atoms with E-state index in [1.165, 1.54) is 42.7 Å². The number of benzene rings is 2. The lowest BCUT2D eigenvalue weighted by atomic mass is 10.1. The lowest BCUT2D eigenvalue weighted by Gasteiger charge is -2.11. The zero-order valence-electron chi connectivity index (χ0n) is 16.1. The normalized spacial score (nSPS) is 11.6. The number of anilines is 1. The number of carbonyl (C=O) groups is 2. The minimum absolute atomic E-state index is 0.0164. The van der Waals surface area contributed by atoms with E-state index in [0.29, 0.717) is 11.6 Å².